The largest absolute Gasteiger partial charge is 0.457 e. The lowest BCUT2D eigenvalue weighted by Gasteiger charge is -2.10. The lowest BCUT2D eigenvalue weighted by Crippen LogP contribution is -2.01. The third kappa shape index (κ3) is 4.89. The first-order valence-corrected chi connectivity index (χ1v) is 10.6. The predicted octanol–water partition coefficient (Wildman–Crippen LogP) is 7.74. The highest BCUT2D eigenvalue weighted by Gasteiger charge is 2.10. The van der Waals surface area contributed by atoms with Crippen LogP contribution >= 0.6 is 0 Å². The molecule has 4 aromatic rings. The molecule has 0 radical (unpaired) electrons. The average Bonchev–Trinajstić information content (AvgIpc) is 2.79. The summed E-state index contributed by atoms with van der Waals surface area (Å²) in [6, 6.07) is 26.4. The quantitative estimate of drug-likeness (QED) is 0.298. The summed E-state index contributed by atoms with van der Waals surface area (Å²) in [6.45, 7) is 8.26. The first-order valence-electron chi connectivity index (χ1n) is 10.6. The first kappa shape index (κ1) is 21.4. The molecule has 0 aliphatic rings. The van der Waals surface area contributed by atoms with Crippen molar-refractivity contribution in [3.63, 3.8) is 0 Å². The van der Waals surface area contributed by atoms with Crippen molar-refractivity contribution >= 4 is 5.78 Å². The van der Waals surface area contributed by atoms with Gasteiger partial charge in [0.25, 0.3) is 0 Å². The highest BCUT2D eigenvalue weighted by atomic mass is 16.5. The van der Waals surface area contributed by atoms with Gasteiger partial charge < -0.3 is 9.47 Å². The van der Waals surface area contributed by atoms with Crippen LogP contribution < -0.4 is 9.47 Å². The second-order valence-electron chi connectivity index (χ2n) is 8.07. The molecule has 3 heteroatoms. The maximum absolute atomic E-state index is 12.9. The SMILES string of the molecule is Cc1ccc(Oc2ccc(C(=O)c3ccc(Oc4ccc(C)c(C)c4)cc3)cc2)cc1C. The van der Waals surface area contributed by atoms with Crippen LogP contribution in [-0.4, -0.2) is 5.78 Å². The standard InChI is InChI=1S/C29H26O3/c1-19-5-11-27(17-21(19)3)31-25-13-7-23(8-14-25)29(30)24-9-15-26(16-10-24)32-28-12-6-20(2)22(4)18-28/h5-18H,1-4H3. The molecule has 0 aromatic heterocycles. The van der Waals surface area contributed by atoms with Crippen LogP contribution in [-0.2, 0) is 0 Å². The van der Waals surface area contributed by atoms with E-state index in [0.29, 0.717) is 22.6 Å². The van der Waals surface area contributed by atoms with E-state index >= 15 is 0 Å². The fourth-order valence-electron chi connectivity index (χ4n) is 3.34. The maximum Gasteiger partial charge on any atom is 0.193 e. The molecule has 0 aliphatic carbocycles. The molecule has 3 nitrogen and oxygen atoms in total. The summed E-state index contributed by atoms with van der Waals surface area (Å²) < 4.78 is 11.8. The molecule has 4 aromatic carbocycles. The Bertz CT molecular complexity index is 1150. The van der Waals surface area contributed by atoms with Crippen LogP contribution in [0, 0.1) is 27.7 Å². The van der Waals surface area contributed by atoms with Gasteiger partial charge in [-0.15, -0.1) is 0 Å². The van der Waals surface area contributed by atoms with Crippen LogP contribution in [0.25, 0.3) is 0 Å². The molecule has 0 N–H and O–H groups in total. The van der Waals surface area contributed by atoms with Gasteiger partial charge in [-0.2, -0.15) is 0 Å². The summed E-state index contributed by atoms with van der Waals surface area (Å²) in [5, 5.41) is 0. The van der Waals surface area contributed by atoms with Crippen molar-refractivity contribution in [1.29, 1.82) is 0 Å². The first-order chi connectivity index (χ1) is 15.4. The number of hydrogen-bond acceptors (Lipinski definition) is 3. The van der Waals surface area contributed by atoms with Crippen LogP contribution in [0.5, 0.6) is 23.0 Å². The minimum atomic E-state index is -0.0412. The van der Waals surface area contributed by atoms with Crippen LogP contribution in [0.2, 0.25) is 0 Å². The van der Waals surface area contributed by atoms with Gasteiger partial charge in [-0.05, 0) is 123 Å². The van der Waals surface area contributed by atoms with Crippen LogP contribution in [0.4, 0.5) is 0 Å². The Balaban J connectivity index is 1.43. The summed E-state index contributed by atoms with van der Waals surface area (Å²) in [4.78, 5) is 12.9. The minimum Gasteiger partial charge on any atom is -0.457 e. The Labute approximate surface area is 189 Å². The second-order valence-corrected chi connectivity index (χ2v) is 8.07. The van der Waals surface area contributed by atoms with E-state index in [0.717, 1.165) is 11.5 Å². The molecule has 0 saturated carbocycles. The number of aryl methyl sites for hydroxylation is 4. The van der Waals surface area contributed by atoms with Gasteiger partial charge in [0.05, 0.1) is 0 Å². The summed E-state index contributed by atoms with van der Waals surface area (Å²) in [5.74, 6) is 2.92. The van der Waals surface area contributed by atoms with Crippen LogP contribution in [0.3, 0.4) is 0 Å². The summed E-state index contributed by atoms with van der Waals surface area (Å²) in [5.41, 5.74) is 6.03. The second kappa shape index (κ2) is 9.11. The van der Waals surface area contributed by atoms with Crippen molar-refractivity contribution in [2.75, 3.05) is 0 Å². The van der Waals surface area contributed by atoms with Gasteiger partial charge in [-0.3, -0.25) is 4.79 Å². The Kier molecular flexibility index (Phi) is 6.09. The van der Waals surface area contributed by atoms with Crippen molar-refractivity contribution in [3.8, 4) is 23.0 Å². The zero-order valence-corrected chi connectivity index (χ0v) is 18.8. The van der Waals surface area contributed by atoms with Crippen molar-refractivity contribution in [1.82, 2.24) is 0 Å². The molecule has 32 heavy (non-hydrogen) atoms. The lowest BCUT2D eigenvalue weighted by molar-refractivity contribution is 0.103. The van der Waals surface area contributed by atoms with Crippen molar-refractivity contribution in [2.45, 2.75) is 27.7 Å². The molecule has 0 spiro atoms. The highest BCUT2D eigenvalue weighted by molar-refractivity contribution is 6.09. The highest BCUT2D eigenvalue weighted by Crippen LogP contribution is 2.26. The zero-order valence-electron chi connectivity index (χ0n) is 18.8. The molecular formula is C29H26O3. The molecule has 0 heterocycles. The Hall–Kier alpha value is -3.85. The van der Waals surface area contributed by atoms with Gasteiger partial charge >= 0.3 is 0 Å². The molecule has 160 valence electrons. The molecule has 0 fully saturated rings. The van der Waals surface area contributed by atoms with E-state index in [2.05, 4.69) is 27.7 Å². The summed E-state index contributed by atoms with van der Waals surface area (Å²) in [7, 11) is 0. The maximum atomic E-state index is 12.9. The normalized spacial score (nSPS) is 10.6. The zero-order chi connectivity index (χ0) is 22.7. The topological polar surface area (TPSA) is 35.5 Å². The van der Waals surface area contributed by atoms with E-state index < -0.39 is 0 Å². The fraction of sp³-hybridized carbons (Fsp3) is 0.138. The predicted molar refractivity (Wildman–Crippen MR) is 128 cm³/mol. The molecule has 0 bridgehead atoms. The number of ether oxygens (including phenoxy) is 2. The third-order valence-corrected chi connectivity index (χ3v) is 5.66. The summed E-state index contributed by atoms with van der Waals surface area (Å²) in [6.07, 6.45) is 0. The van der Waals surface area contributed by atoms with Crippen LogP contribution in [0.15, 0.2) is 84.9 Å². The van der Waals surface area contributed by atoms with Gasteiger partial charge in [-0.25, -0.2) is 0 Å². The van der Waals surface area contributed by atoms with Gasteiger partial charge in [0.1, 0.15) is 23.0 Å². The molecule has 0 amide bonds. The van der Waals surface area contributed by atoms with Crippen molar-refractivity contribution in [3.05, 3.63) is 118 Å². The van der Waals surface area contributed by atoms with Gasteiger partial charge in [0, 0.05) is 11.1 Å². The number of carbonyl (C=O) groups is 1. The smallest absolute Gasteiger partial charge is 0.193 e. The van der Waals surface area contributed by atoms with E-state index in [9.17, 15) is 4.79 Å². The molecule has 0 saturated heterocycles. The Morgan fingerprint density at radius 3 is 1.16 bits per heavy atom. The third-order valence-electron chi connectivity index (χ3n) is 5.66. The van der Waals surface area contributed by atoms with Crippen molar-refractivity contribution in [2.24, 2.45) is 0 Å². The monoisotopic (exact) mass is 422 g/mol. The Morgan fingerprint density at radius 2 is 0.812 bits per heavy atom. The van der Waals surface area contributed by atoms with Gasteiger partial charge in [-0.1, -0.05) is 12.1 Å². The van der Waals surface area contributed by atoms with Gasteiger partial charge in [0.15, 0.2) is 5.78 Å². The van der Waals surface area contributed by atoms with Crippen LogP contribution in [0.1, 0.15) is 38.2 Å². The number of carbonyl (C=O) groups excluding carboxylic acids is 1. The number of ketones is 1. The van der Waals surface area contributed by atoms with E-state index in [4.69, 9.17) is 9.47 Å². The van der Waals surface area contributed by atoms with E-state index in [1.165, 1.54) is 22.3 Å². The van der Waals surface area contributed by atoms with E-state index in [1.54, 1.807) is 24.3 Å². The van der Waals surface area contributed by atoms with Gasteiger partial charge in [0.2, 0.25) is 0 Å². The average molecular weight is 423 g/mol. The Morgan fingerprint density at radius 1 is 0.469 bits per heavy atom. The lowest BCUT2D eigenvalue weighted by atomic mass is 10.0. The molecule has 0 aliphatic heterocycles. The number of rotatable bonds is 6. The fourth-order valence-corrected chi connectivity index (χ4v) is 3.34. The van der Waals surface area contributed by atoms with E-state index in [1.807, 2.05) is 60.7 Å². The molecule has 4 rings (SSSR count). The summed E-state index contributed by atoms with van der Waals surface area (Å²) >= 11 is 0. The minimum absolute atomic E-state index is 0.0412. The number of benzene rings is 4. The molecule has 0 unspecified atom stereocenters. The van der Waals surface area contributed by atoms with Crippen molar-refractivity contribution < 1.29 is 14.3 Å². The molecular weight excluding hydrogens is 396 g/mol. The molecule has 0 atom stereocenters. The number of hydrogen-bond donors (Lipinski definition) is 0. The van der Waals surface area contributed by atoms with E-state index in [-0.39, 0.29) is 5.78 Å².